The Kier molecular flexibility index (Phi) is 8.90. The van der Waals surface area contributed by atoms with Gasteiger partial charge in [0.15, 0.2) is 5.96 Å². The lowest BCUT2D eigenvalue weighted by Gasteiger charge is -2.21. The van der Waals surface area contributed by atoms with E-state index in [1.54, 1.807) is 7.11 Å². The van der Waals surface area contributed by atoms with Gasteiger partial charge in [0.1, 0.15) is 6.10 Å². The first-order valence-electron chi connectivity index (χ1n) is 9.34. The number of halogens is 1. The van der Waals surface area contributed by atoms with E-state index in [0.29, 0.717) is 12.0 Å². The Labute approximate surface area is 173 Å². The van der Waals surface area contributed by atoms with Crippen LogP contribution >= 0.6 is 24.0 Å². The van der Waals surface area contributed by atoms with Crippen molar-refractivity contribution in [1.82, 2.24) is 15.2 Å². The largest absolute Gasteiger partial charge is 0.474 e. The highest BCUT2D eigenvalue weighted by atomic mass is 127. The fourth-order valence-corrected chi connectivity index (χ4v) is 3.67. The van der Waals surface area contributed by atoms with Crippen LogP contribution in [-0.4, -0.2) is 55.8 Å². The van der Waals surface area contributed by atoms with Crippen molar-refractivity contribution in [3.8, 4) is 5.88 Å². The number of hydrogen-bond acceptors (Lipinski definition) is 4. The molecule has 0 bridgehead atoms. The molecule has 7 heteroatoms. The summed E-state index contributed by atoms with van der Waals surface area (Å²) in [5.74, 6) is 2.28. The number of pyridine rings is 1. The molecule has 26 heavy (non-hydrogen) atoms. The zero-order valence-corrected chi connectivity index (χ0v) is 18.1. The number of hydrogen-bond donors (Lipinski definition) is 1. The summed E-state index contributed by atoms with van der Waals surface area (Å²) < 4.78 is 11.2. The van der Waals surface area contributed by atoms with Gasteiger partial charge in [-0.3, -0.25) is 4.99 Å². The Balaban J connectivity index is 0.00000243. The molecule has 2 aliphatic rings. The van der Waals surface area contributed by atoms with E-state index in [9.17, 15) is 0 Å². The minimum absolute atomic E-state index is 0. The number of aromatic nitrogens is 1. The third-order valence-corrected chi connectivity index (χ3v) is 5.04. The minimum Gasteiger partial charge on any atom is -0.474 e. The number of nitrogens with one attached hydrogen (secondary N) is 1. The molecule has 0 radical (unpaired) electrons. The van der Waals surface area contributed by atoms with Gasteiger partial charge in [0.05, 0.1) is 6.61 Å². The molecule has 1 aromatic heterocycles. The standard InChI is InChI=1S/C19H30N4O2.HI/c1-20-19(23-10-9-16(13-23)14-24-2)22-12-15-7-8-18(21-11-15)25-17-5-3-4-6-17;/h7-8,11,16-17H,3-6,9-10,12-14H2,1-2H3,(H,20,22);1H. The molecule has 1 aliphatic carbocycles. The van der Waals surface area contributed by atoms with Gasteiger partial charge in [-0.15, -0.1) is 24.0 Å². The second kappa shape index (κ2) is 10.9. The smallest absolute Gasteiger partial charge is 0.213 e. The molecule has 1 aliphatic heterocycles. The molecule has 3 rings (SSSR count). The third kappa shape index (κ3) is 5.97. The van der Waals surface area contributed by atoms with Crippen LogP contribution in [0.4, 0.5) is 0 Å². The summed E-state index contributed by atoms with van der Waals surface area (Å²) in [5.41, 5.74) is 1.13. The van der Waals surface area contributed by atoms with Crippen LogP contribution in [0.25, 0.3) is 0 Å². The Morgan fingerprint density at radius 1 is 1.31 bits per heavy atom. The van der Waals surface area contributed by atoms with Gasteiger partial charge < -0.3 is 19.7 Å². The average Bonchev–Trinajstić information content (AvgIpc) is 3.30. The number of guanidine groups is 1. The molecule has 146 valence electrons. The van der Waals surface area contributed by atoms with Crippen molar-refractivity contribution >= 4 is 29.9 Å². The Hall–Kier alpha value is -1.09. The highest BCUT2D eigenvalue weighted by Gasteiger charge is 2.24. The molecular formula is C19H31IN4O2. The van der Waals surface area contributed by atoms with Crippen LogP contribution in [0.2, 0.25) is 0 Å². The van der Waals surface area contributed by atoms with Crippen LogP contribution in [0.3, 0.4) is 0 Å². The van der Waals surface area contributed by atoms with E-state index in [1.165, 1.54) is 12.8 Å². The summed E-state index contributed by atoms with van der Waals surface area (Å²) in [4.78, 5) is 11.2. The predicted octanol–water partition coefficient (Wildman–Crippen LogP) is 3.06. The molecule has 1 N–H and O–H groups in total. The molecule has 0 spiro atoms. The molecule has 1 unspecified atom stereocenters. The number of aliphatic imine (C=N–C) groups is 1. The molecule has 2 heterocycles. The number of likely N-dealkylation sites (tertiary alicyclic amines) is 1. The van der Waals surface area contributed by atoms with Crippen LogP contribution < -0.4 is 10.1 Å². The summed E-state index contributed by atoms with van der Waals surface area (Å²) in [6, 6.07) is 4.05. The number of ether oxygens (including phenoxy) is 2. The van der Waals surface area contributed by atoms with Gasteiger partial charge in [0.2, 0.25) is 5.88 Å². The van der Waals surface area contributed by atoms with E-state index in [0.717, 1.165) is 62.9 Å². The quantitative estimate of drug-likeness (QED) is 0.390. The molecule has 0 aromatic carbocycles. The third-order valence-electron chi connectivity index (χ3n) is 5.04. The first kappa shape index (κ1) is 21.2. The molecule has 6 nitrogen and oxygen atoms in total. The summed E-state index contributed by atoms with van der Waals surface area (Å²) in [6.45, 7) is 3.56. The van der Waals surface area contributed by atoms with E-state index in [1.807, 2.05) is 19.3 Å². The van der Waals surface area contributed by atoms with Crippen molar-refractivity contribution in [2.75, 3.05) is 33.9 Å². The molecule has 1 aromatic rings. The van der Waals surface area contributed by atoms with Gasteiger partial charge in [-0.1, -0.05) is 6.07 Å². The minimum atomic E-state index is 0. The van der Waals surface area contributed by atoms with Crippen molar-refractivity contribution in [1.29, 1.82) is 0 Å². The summed E-state index contributed by atoms with van der Waals surface area (Å²) in [7, 11) is 3.60. The highest BCUT2D eigenvalue weighted by molar-refractivity contribution is 14.0. The van der Waals surface area contributed by atoms with Crippen molar-refractivity contribution in [2.45, 2.75) is 44.8 Å². The van der Waals surface area contributed by atoms with E-state index in [-0.39, 0.29) is 24.0 Å². The van der Waals surface area contributed by atoms with E-state index < -0.39 is 0 Å². The van der Waals surface area contributed by atoms with Crippen LogP contribution in [-0.2, 0) is 11.3 Å². The Bertz CT molecular complexity index is 561. The van der Waals surface area contributed by atoms with Crippen LogP contribution in [0.5, 0.6) is 5.88 Å². The summed E-state index contributed by atoms with van der Waals surface area (Å²) in [6.07, 6.45) is 8.25. The van der Waals surface area contributed by atoms with Gasteiger partial charge in [0.25, 0.3) is 0 Å². The maximum absolute atomic E-state index is 5.92. The zero-order valence-electron chi connectivity index (χ0n) is 15.8. The molecule has 1 saturated carbocycles. The van der Waals surface area contributed by atoms with E-state index >= 15 is 0 Å². The van der Waals surface area contributed by atoms with Crippen molar-refractivity contribution in [2.24, 2.45) is 10.9 Å². The zero-order chi connectivity index (χ0) is 17.5. The lowest BCUT2D eigenvalue weighted by Crippen LogP contribution is -2.39. The molecule has 0 amide bonds. The topological polar surface area (TPSA) is 59.0 Å². The van der Waals surface area contributed by atoms with E-state index in [2.05, 4.69) is 26.3 Å². The molecular weight excluding hydrogens is 443 g/mol. The molecule has 1 saturated heterocycles. The van der Waals surface area contributed by atoms with Crippen LogP contribution in [0.15, 0.2) is 23.3 Å². The fourth-order valence-electron chi connectivity index (χ4n) is 3.67. The van der Waals surface area contributed by atoms with Gasteiger partial charge >= 0.3 is 0 Å². The summed E-state index contributed by atoms with van der Waals surface area (Å²) in [5, 5.41) is 3.44. The SMILES string of the molecule is CN=C(NCc1ccc(OC2CCCC2)nc1)N1CCC(COC)C1.I. The van der Waals surface area contributed by atoms with Crippen molar-refractivity contribution in [3.05, 3.63) is 23.9 Å². The Morgan fingerprint density at radius 2 is 2.12 bits per heavy atom. The number of nitrogens with zero attached hydrogens (tertiary/aromatic N) is 3. The monoisotopic (exact) mass is 474 g/mol. The average molecular weight is 474 g/mol. The predicted molar refractivity (Wildman–Crippen MR) is 114 cm³/mol. The van der Waals surface area contributed by atoms with E-state index in [4.69, 9.17) is 9.47 Å². The number of rotatable bonds is 6. The molecule has 2 fully saturated rings. The van der Waals surface area contributed by atoms with Gasteiger partial charge in [-0.2, -0.15) is 0 Å². The normalized spacial score (nSPS) is 20.9. The van der Waals surface area contributed by atoms with Gasteiger partial charge in [-0.25, -0.2) is 4.98 Å². The second-order valence-corrected chi connectivity index (χ2v) is 6.99. The lowest BCUT2D eigenvalue weighted by molar-refractivity contribution is 0.157. The first-order chi connectivity index (χ1) is 12.3. The highest BCUT2D eigenvalue weighted by Crippen LogP contribution is 2.23. The number of methoxy groups -OCH3 is 1. The van der Waals surface area contributed by atoms with Crippen LogP contribution in [0.1, 0.15) is 37.7 Å². The van der Waals surface area contributed by atoms with Crippen molar-refractivity contribution < 1.29 is 9.47 Å². The lowest BCUT2D eigenvalue weighted by atomic mass is 10.1. The van der Waals surface area contributed by atoms with Crippen LogP contribution in [0, 0.1) is 5.92 Å². The first-order valence-corrected chi connectivity index (χ1v) is 9.34. The Morgan fingerprint density at radius 3 is 2.77 bits per heavy atom. The van der Waals surface area contributed by atoms with Crippen molar-refractivity contribution in [3.63, 3.8) is 0 Å². The van der Waals surface area contributed by atoms with Gasteiger partial charge in [0, 0.05) is 52.0 Å². The molecule has 1 atom stereocenters. The maximum atomic E-state index is 5.92. The maximum Gasteiger partial charge on any atom is 0.213 e. The fraction of sp³-hybridized carbons (Fsp3) is 0.684. The van der Waals surface area contributed by atoms with Gasteiger partial charge in [-0.05, 0) is 37.7 Å². The second-order valence-electron chi connectivity index (χ2n) is 6.99. The summed E-state index contributed by atoms with van der Waals surface area (Å²) >= 11 is 0.